The van der Waals surface area contributed by atoms with E-state index < -0.39 is 5.41 Å². The summed E-state index contributed by atoms with van der Waals surface area (Å²) in [5.74, 6) is 2.39. The van der Waals surface area contributed by atoms with E-state index in [1.54, 1.807) is 0 Å². The highest BCUT2D eigenvalue weighted by atomic mass is 16.5. The zero-order valence-electron chi connectivity index (χ0n) is 32.6. The topological polar surface area (TPSA) is 25.6 Å². The first-order valence-electron chi connectivity index (χ1n) is 20.5. The van der Waals surface area contributed by atoms with Crippen LogP contribution in [0, 0.1) is 0 Å². The molecule has 12 rings (SSSR count). The summed E-state index contributed by atoms with van der Waals surface area (Å²) in [6.07, 6.45) is 0. The molecule has 0 saturated carbocycles. The molecule has 1 aliphatic carbocycles. The van der Waals surface area contributed by atoms with Crippen LogP contribution in [0.3, 0.4) is 0 Å². The van der Waals surface area contributed by atoms with E-state index in [0.29, 0.717) is 0 Å². The number of nitrogens with zero attached hydrogens (tertiary/aromatic N) is 1. The number of para-hydroxylation sites is 1. The number of fused-ring (bicyclic) bond motifs is 11. The highest BCUT2D eigenvalue weighted by Gasteiger charge is 2.54. The van der Waals surface area contributed by atoms with Crippen molar-refractivity contribution in [2.24, 2.45) is 0 Å². The van der Waals surface area contributed by atoms with Crippen LogP contribution in [-0.2, 0) is 5.41 Å². The fraction of sp³-hybridized carbons (Fsp3) is 0.0175. The van der Waals surface area contributed by atoms with Gasteiger partial charge in [-0.1, -0.05) is 176 Å². The van der Waals surface area contributed by atoms with Crippen molar-refractivity contribution in [3.63, 3.8) is 0 Å². The fourth-order valence-corrected chi connectivity index (χ4v) is 9.59. The Balaban J connectivity index is 1.01. The van der Waals surface area contributed by atoms with Crippen molar-refractivity contribution >= 4 is 28.0 Å². The van der Waals surface area contributed by atoms with E-state index in [9.17, 15) is 0 Å². The molecule has 0 bridgehead atoms. The lowest BCUT2D eigenvalue weighted by molar-refractivity contribution is 0.389. The average Bonchev–Trinajstić information content (AvgIpc) is 3.84. The second kappa shape index (κ2) is 13.6. The van der Waals surface area contributed by atoms with Gasteiger partial charge in [-0.3, -0.25) is 0 Å². The highest BCUT2D eigenvalue weighted by molar-refractivity contribution is 5.94. The fourth-order valence-electron chi connectivity index (χ4n) is 9.59. The van der Waals surface area contributed by atoms with Gasteiger partial charge in [-0.15, -0.1) is 0 Å². The van der Waals surface area contributed by atoms with Crippen LogP contribution < -0.4 is 9.64 Å². The van der Waals surface area contributed by atoms with Crippen molar-refractivity contribution < 1.29 is 9.15 Å². The van der Waals surface area contributed by atoms with Crippen LogP contribution in [0.5, 0.6) is 11.5 Å². The Morgan fingerprint density at radius 1 is 0.350 bits per heavy atom. The number of anilines is 3. The Kier molecular flexibility index (Phi) is 7.76. The molecular weight excluding hydrogens is 731 g/mol. The normalized spacial score (nSPS) is 12.9. The molecule has 60 heavy (non-hydrogen) atoms. The molecule has 0 saturated heterocycles. The standard InChI is InChI=1S/C57H37NO2/c1-3-13-38(14-4-1)40-23-25-41(26-24-40)43-29-33-45(34-30-43)58(44-31-27-42(28-32-44)39-15-5-2-6-16-39)46-35-36-52-54(37-46)59-55-49-19-9-12-22-53(49)60-56(55)57(52)50-20-10-7-17-47(50)48-18-8-11-21-51(48)57/h1-37H. The molecule has 0 unspecified atom stereocenters. The van der Waals surface area contributed by atoms with Crippen LogP contribution in [0.1, 0.15) is 22.5 Å². The molecule has 0 amide bonds. The number of hydrogen-bond acceptors (Lipinski definition) is 3. The first kappa shape index (κ1) is 34.2. The average molecular weight is 768 g/mol. The Labute approximate surface area is 349 Å². The minimum Gasteiger partial charge on any atom is -0.455 e. The molecule has 0 N–H and O–H groups in total. The predicted octanol–water partition coefficient (Wildman–Crippen LogP) is 15.4. The summed E-state index contributed by atoms with van der Waals surface area (Å²) in [4.78, 5) is 2.33. The van der Waals surface area contributed by atoms with Gasteiger partial charge in [0, 0.05) is 28.7 Å². The summed E-state index contributed by atoms with van der Waals surface area (Å²) in [5.41, 5.74) is 16.2. The molecule has 1 aromatic heterocycles. The zero-order valence-corrected chi connectivity index (χ0v) is 32.6. The summed E-state index contributed by atoms with van der Waals surface area (Å²) >= 11 is 0. The number of ether oxygens (including phenoxy) is 1. The number of rotatable bonds is 6. The zero-order chi connectivity index (χ0) is 39.6. The third-order valence-electron chi connectivity index (χ3n) is 12.4. The van der Waals surface area contributed by atoms with E-state index in [-0.39, 0.29) is 0 Å². The van der Waals surface area contributed by atoms with Gasteiger partial charge in [0.2, 0.25) is 0 Å². The van der Waals surface area contributed by atoms with Gasteiger partial charge in [-0.2, -0.15) is 0 Å². The lowest BCUT2D eigenvalue weighted by Crippen LogP contribution is -2.31. The summed E-state index contributed by atoms with van der Waals surface area (Å²) in [6, 6.07) is 80.1. The number of benzene rings is 9. The van der Waals surface area contributed by atoms with Gasteiger partial charge in [0.15, 0.2) is 11.5 Å². The van der Waals surface area contributed by atoms with Gasteiger partial charge >= 0.3 is 0 Å². The molecule has 0 fully saturated rings. The SMILES string of the molecule is c1ccc(-c2ccc(-c3ccc(N(c4ccc(-c5ccccc5)cc4)c4ccc5c(c4)Oc4c(oc6ccccc46)C54c5ccccc5-c5ccccc54)cc3)cc2)cc1. The lowest BCUT2D eigenvalue weighted by Gasteiger charge is -2.37. The number of hydrogen-bond donors (Lipinski definition) is 0. The third kappa shape index (κ3) is 5.23. The van der Waals surface area contributed by atoms with Crippen molar-refractivity contribution in [1.82, 2.24) is 0 Å². The maximum Gasteiger partial charge on any atom is 0.178 e. The second-order valence-electron chi connectivity index (χ2n) is 15.6. The van der Waals surface area contributed by atoms with E-state index in [1.807, 2.05) is 12.1 Å². The van der Waals surface area contributed by atoms with Gasteiger partial charge in [-0.25, -0.2) is 0 Å². The van der Waals surface area contributed by atoms with Gasteiger partial charge in [0.05, 0.1) is 5.39 Å². The van der Waals surface area contributed by atoms with Gasteiger partial charge in [-0.05, 0) is 98.1 Å². The summed E-state index contributed by atoms with van der Waals surface area (Å²) in [7, 11) is 0. The maximum atomic E-state index is 7.09. The quantitative estimate of drug-likeness (QED) is 0.168. The molecule has 0 atom stereocenters. The third-order valence-corrected chi connectivity index (χ3v) is 12.4. The molecule has 9 aromatic carbocycles. The Bertz CT molecular complexity index is 3160. The van der Waals surface area contributed by atoms with Crippen molar-refractivity contribution in [3.05, 3.63) is 247 Å². The molecule has 2 aliphatic rings. The van der Waals surface area contributed by atoms with Crippen molar-refractivity contribution in [2.45, 2.75) is 5.41 Å². The molecule has 1 aliphatic heterocycles. The molecule has 1 spiro atoms. The Morgan fingerprint density at radius 2 is 0.783 bits per heavy atom. The van der Waals surface area contributed by atoms with Crippen molar-refractivity contribution in [3.8, 4) is 56.0 Å². The number of furan rings is 1. The minimum atomic E-state index is -0.701. The van der Waals surface area contributed by atoms with E-state index in [0.717, 1.165) is 56.4 Å². The Morgan fingerprint density at radius 3 is 1.33 bits per heavy atom. The van der Waals surface area contributed by atoms with Crippen LogP contribution in [0.2, 0.25) is 0 Å². The summed E-state index contributed by atoms with van der Waals surface area (Å²) < 4.78 is 14.0. The molecule has 10 aromatic rings. The monoisotopic (exact) mass is 767 g/mol. The molecule has 2 heterocycles. The molecular formula is C57H37NO2. The first-order valence-corrected chi connectivity index (χ1v) is 20.5. The van der Waals surface area contributed by atoms with E-state index in [1.165, 1.54) is 50.1 Å². The van der Waals surface area contributed by atoms with Crippen LogP contribution in [0.15, 0.2) is 229 Å². The minimum absolute atomic E-state index is 0.701. The van der Waals surface area contributed by atoms with Crippen molar-refractivity contribution in [1.29, 1.82) is 0 Å². The van der Waals surface area contributed by atoms with Gasteiger partial charge in [0.25, 0.3) is 0 Å². The van der Waals surface area contributed by atoms with Gasteiger partial charge in [0.1, 0.15) is 16.7 Å². The molecule has 3 heteroatoms. The predicted molar refractivity (Wildman–Crippen MR) is 245 cm³/mol. The van der Waals surface area contributed by atoms with E-state index >= 15 is 0 Å². The smallest absolute Gasteiger partial charge is 0.178 e. The molecule has 3 nitrogen and oxygen atoms in total. The first-order chi connectivity index (χ1) is 29.7. The molecule has 282 valence electrons. The van der Waals surface area contributed by atoms with Crippen molar-refractivity contribution in [2.75, 3.05) is 4.90 Å². The van der Waals surface area contributed by atoms with E-state index in [4.69, 9.17) is 9.15 Å². The van der Waals surface area contributed by atoms with Crippen LogP contribution in [0.4, 0.5) is 17.1 Å². The van der Waals surface area contributed by atoms with Gasteiger partial charge < -0.3 is 14.1 Å². The second-order valence-corrected chi connectivity index (χ2v) is 15.6. The lowest BCUT2D eigenvalue weighted by atomic mass is 9.69. The Hall–Kier alpha value is -7.88. The summed E-state index contributed by atoms with van der Waals surface area (Å²) in [6.45, 7) is 0. The van der Waals surface area contributed by atoms with E-state index in [2.05, 4.69) is 217 Å². The van der Waals surface area contributed by atoms with Crippen LogP contribution in [0.25, 0.3) is 55.5 Å². The summed E-state index contributed by atoms with van der Waals surface area (Å²) in [5, 5.41) is 0.963. The van der Waals surface area contributed by atoms with Crippen LogP contribution >= 0.6 is 0 Å². The highest BCUT2D eigenvalue weighted by Crippen LogP contribution is 2.64. The van der Waals surface area contributed by atoms with Crippen LogP contribution in [-0.4, -0.2) is 0 Å². The molecule has 0 radical (unpaired) electrons. The largest absolute Gasteiger partial charge is 0.455 e. The maximum absolute atomic E-state index is 7.09.